The zero-order valence-electron chi connectivity index (χ0n) is 11.4. The number of amides is 1. The minimum Gasteiger partial charge on any atom is -0.494 e. The SMILES string of the molecule is CCOC(=O)C(C)NC(=O)c1ccc(OCC)cc1. The van der Waals surface area contributed by atoms with Gasteiger partial charge in [-0.25, -0.2) is 4.79 Å². The fourth-order valence-corrected chi connectivity index (χ4v) is 1.48. The summed E-state index contributed by atoms with van der Waals surface area (Å²) >= 11 is 0. The molecule has 1 amide bonds. The van der Waals surface area contributed by atoms with Crippen LogP contribution in [0.1, 0.15) is 31.1 Å². The molecule has 0 radical (unpaired) electrons. The normalized spacial score (nSPS) is 11.5. The number of carbonyl (C=O) groups is 2. The molecule has 0 aliphatic carbocycles. The molecule has 0 aliphatic heterocycles. The maximum Gasteiger partial charge on any atom is 0.328 e. The fraction of sp³-hybridized carbons (Fsp3) is 0.429. The highest BCUT2D eigenvalue weighted by atomic mass is 16.5. The summed E-state index contributed by atoms with van der Waals surface area (Å²) in [5.41, 5.74) is 0.472. The molecule has 0 saturated heterocycles. The van der Waals surface area contributed by atoms with E-state index in [1.54, 1.807) is 38.1 Å². The molecular formula is C14H19NO4. The number of ether oxygens (including phenoxy) is 2. The van der Waals surface area contributed by atoms with Crippen LogP contribution in [0.5, 0.6) is 5.75 Å². The molecule has 0 bridgehead atoms. The Balaban J connectivity index is 2.60. The zero-order chi connectivity index (χ0) is 14.3. The molecule has 1 atom stereocenters. The predicted octanol–water partition coefficient (Wildman–Crippen LogP) is 1.77. The first-order chi connectivity index (χ1) is 9.08. The summed E-state index contributed by atoms with van der Waals surface area (Å²) in [4.78, 5) is 23.3. The van der Waals surface area contributed by atoms with Crippen molar-refractivity contribution in [3.8, 4) is 5.75 Å². The molecule has 104 valence electrons. The molecule has 1 rings (SSSR count). The summed E-state index contributed by atoms with van der Waals surface area (Å²) in [6.07, 6.45) is 0. The zero-order valence-corrected chi connectivity index (χ0v) is 11.4. The van der Waals surface area contributed by atoms with Gasteiger partial charge in [0.05, 0.1) is 13.2 Å². The lowest BCUT2D eigenvalue weighted by Crippen LogP contribution is -2.39. The Morgan fingerprint density at radius 2 is 1.79 bits per heavy atom. The van der Waals surface area contributed by atoms with Gasteiger partial charge in [-0.05, 0) is 45.0 Å². The van der Waals surface area contributed by atoms with Crippen LogP contribution in [0.3, 0.4) is 0 Å². The molecule has 1 N–H and O–H groups in total. The van der Waals surface area contributed by atoms with Crippen LogP contribution < -0.4 is 10.1 Å². The monoisotopic (exact) mass is 265 g/mol. The molecule has 0 aromatic heterocycles. The fourth-order valence-electron chi connectivity index (χ4n) is 1.48. The summed E-state index contributed by atoms with van der Waals surface area (Å²) in [6, 6.07) is 6.07. The first-order valence-corrected chi connectivity index (χ1v) is 6.28. The molecule has 5 heteroatoms. The lowest BCUT2D eigenvalue weighted by molar-refractivity contribution is -0.144. The van der Waals surface area contributed by atoms with Gasteiger partial charge in [-0.3, -0.25) is 4.79 Å². The van der Waals surface area contributed by atoms with Crippen molar-refractivity contribution in [1.29, 1.82) is 0 Å². The van der Waals surface area contributed by atoms with Crippen LogP contribution in [0.15, 0.2) is 24.3 Å². The van der Waals surface area contributed by atoms with Gasteiger partial charge < -0.3 is 14.8 Å². The standard InChI is InChI=1S/C14H19NO4/c1-4-18-12-8-6-11(7-9-12)13(16)15-10(3)14(17)19-5-2/h6-10H,4-5H2,1-3H3,(H,15,16). The quantitative estimate of drug-likeness (QED) is 0.796. The third-order valence-electron chi connectivity index (χ3n) is 2.42. The first kappa shape index (κ1) is 15.0. The van der Waals surface area contributed by atoms with E-state index in [2.05, 4.69) is 5.32 Å². The van der Waals surface area contributed by atoms with E-state index in [4.69, 9.17) is 9.47 Å². The van der Waals surface area contributed by atoms with E-state index in [1.165, 1.54) is 0 Å². The van der Waals surface area contributed by atoms with E-state index in [0.717, 1.165) is 0 Å². The van der Waals surface area contributed by atoms with Crippen LogP contribution in [-0.4, -0.2) is 31.1 Å². The van der Waals surface area contributed by atoms with Gasteiger partial charge in [0, 0.05) is 5.56 Å². The van der Waals surface area contributed by atoms with Crippen LogP contribution in [0, 0.1) is 0 Å². The maximum atomic E-state index is 11.9. The number of hydrogen-bond donors (Lipinski definition) is 1. The van der Waals surface area contributed by atoms with Crippen molar-refractivity contribution in [1.82, 2.24) is 5.32 Å². The third kappa shape index (κ3) is 4.62. The Labute approximate surface area is 112 Å². The Kier molecular flexibility index (Phi) is 5.85. The van der Waals surface area contributed by atoms with Crippen LogP contribution in [-0.2, 0) is 9.53 Å². The van der Waals surface area contributed by atoms with Crippen LogP contribution in [0.4, 0.5) is 0 Å². The van der Waals surface area contributed by atoms with Crippen molar-refractivity contribution in [2.24, 2.45) is 0 Å². The minimum atomic E-state index is -0.668. The van der Waals surface area contributed by atoms with Gasteiger partial charge in [0.2, 0.25) is 0 Å². The lowest BCUT2D eigenvalue weighted by Gasteiger charge is -2.12. The van der Waals surface area contributed by atoms with E-state index >= 15 is 0 Å². The molecule has 0 spiro atoms. The third-order valence-corrected chi connectivity index (χ3v) is 2.42. The Morgan fingerprint density at radius 3 is 2.32 bits per heavy atom. The topological polar surface area (TPSA) is 64.6 Å². The minimum absolute atomic E-state index is 0.294. The first-order valence-electron chi connectivity index (χ1n) is 6.28. The van der Waals surface area contributed by atoms with E-state index in [1.807, 2.05) is 6.92 Å². The molecule has 1 aromatic carbocycles. The van der Waals surface area contributed by atoms with Crippen LogP contribution >= 0.6 is 0 Å². The summed E-state index contributed by atoms with van der Waals surface area (Å²) in [5.74, 6) is -0.0529. The molecule has 19 heavy (non-hydrogen) atoms. The van der Waals surface area contributed by atoms with Crippen LogP contribution in [0.2, 0.25) is 0 Å². The summed E-state index contributed by atoms with van der Waals surface area (Å²) in [7, 11) is 0. The highest BCUT2D eigenvalue weighted by Crippen LogP contribution is 2.12. The highest BCUT2D eigenvalue weighted by molar-refractivity contribution is 5.96. The van der Waals surface area contributed by atoms with E-state index < -0.39 is 12.0 Å². The maximum absolute atomic E-state index is 11.9. The Bertz CT molecular complexity index is 428. The molecule has 5 nitrogen and oxygen atoms in total. The van der Waals surface area contributed by atoms with E-state index in [9.17, 15) is 9.59 Å². The van der Waals surface area contributed by atoms with Crippen molar-refractivity contribution < 1.29 is 19.1 Å². The second kappa shape index (κ2) is 7.41. The molecule has 0 fully saturated rings. The molecule has 0 aliphatic rings. The lowest BCUT2D eigenvalue weighted by atomic mass is 10.2. The molecule has 0 heterocycles. The Hall–Kier alpha value is -2.04. The smallest absolute Gasteiger partial charge is 0.328 e. The average molecular weight is 265 g/mol. The average Bonchev–Trinajstić information content (AvgIpc) is 2.40. The van der Waals surface area contributed by atoms with Crippen molar-refractivity contribution in [3.05, 3.63) is 29.8 Å². The van der Waals surface area contributed by atoms with Gasteiger partial charge in [0.1, 0.15) is 11.8 Å². The van der Waals surface area contributed by atoms with Gasteiger partial charge in [-0.1, -0.05) is 0 Å². The highest BCUT2D eigenvalue weighted by Gasteiger charge is 2.17. The number of carbonyl (C=O) groups excluding carboxylic acids is 2. The predicted molar refractivity (Wildman–Crippen MR) is 71.2 cm³/mol. The van der Waals surface area contributed by atoms with E-state index in [0.29, 0.717) is 24.5 Å². The van der Waals surface area contributed by atoms with Crippen molar-refractivity contribution in [2.45, 2.75) is 26.8 Å². The largest absolute Gasteiger partial charge is 0.494 e. The van der Waals surface area contributed by atoms with Crippen molar-refractivity contribution in [2.75, 3.05) is 13.2 Å². The van der Waals surface area contributed by atoms with Gasteiger partial charge in [0.25, 0.3) is 5.91 Å². The molecule has 1 unspecified atom stereocenters. The van der Waals surface area contributed by atoms with Gasteiger partial charge in [-0.2, -0.15) is 0 Å². The van der Waals surface area contributed by atoms with Crippen molar-refractivity contribution >= 4 is 11.9 Å². The van der Waals surface area contributed by atoms with E-state index in [-0.39, 0.29) is 5.91 Å². The van der Waals surface area contributed by atoms with Gasteiger partial charge in [0.15, 0.2) is 0 Å². The van der Waals surface area contributed by atoms with Gasteiger partial charge in [-0.15, -0.1) is 0 Å². The summed E-state index contributed by atoms with van der Waals surface area (Å²) in [5, 5.41) is 2.58. The molecule has 1 aromatic rings. The number of nitrogens with one attached hydrogen (secondary N) is 1. The second-order valence-electron chi connectivity index (χ2n) is 3.90. The number of rotatable bonds is 6. The summed E-state index contributed by atoms with van der Waals surface area (Å²) in [6.45, 7) is 6.07. The molecule has 0 saturated carbocycles. The second-order valence-corrected chi connectivity index (χ2v) is 3.90. The summed E-state index contributed by atoms with van der Waals surface area (Å²) < 4.78 is 10.1. The number of hydrogen-bond acceptors (Lipinski definition) is 4. The number of esters is 1. The molecular weight excluding hydrogens is 246 g/mol. The Morgan fingerprint density at radius 1 is 1.16 bits per heavy atom. The van der Waals surface area contributed by atoms with Gasteiger partial charge >= 0.3 is 5.97 Å². The number of benzene rings is 1. The van der Waals surface area contributed by atoms with Crippen LogP contribution in [0.25, 0.3) is 0 Å². The van der Waals surface area contributed by atoms with Crippen molar-refractivity contribution in [3.63, 3.8) is 0 Å².